The van der Waals surface area contributed by atoms with E-state index in [1.165, 1.54) is 12.1 Å². The number of nitrogens with one attached hydrogen (secondary N) is 2. The lowest BCUT2D eigenvalue weighted by molar-refractivity contribution is 0.163. The van der Waals surface area contributed by atoms with Crippen molar-refractivity contribution in [2.24, 2.45) is 0 Å². The lowest BCUT2D eigenvalue weighted by atomic mass is 10.1. The van der Waals surface area contributed by atoms with Gasteiger partial charge in [0.1, 0.15) is 17.7 Å². The molecule has 31 heavy (non-hydrogen) atoms. The first-order valence-corrected chi connectivity index (χ1v) is 11.1. The van der Waals surface area contributed by atoms with Crippen LogP contribution in [0.15, 0.2) is 42.6 Å². The molecule has 2 aromatic carbocycles. The van der Waals surface area contributed by atoms with E-state index in [0.717, 1.165) is 67.8 Å². The molecule has 164 valence electrons. The summed E-state index contributed by atoms with van der Waals surface area (Å²) in [4.78, 5) is 11.4. The van der Waals surface area contributed by atoms with Crippen LogP contribution >= 0.6 is 0 Å². The number of piperidine rings is 1. The van der Waals surface area contributed by atoms with Gasteiger partial charge in [-0.3, -0.25) is 0 Å². The molecule has 4 rings (SSSR count). The van der Waals surface area contributed by atoms with Gasteiger partial charge in [-0.05, 0) is 63.5 Å². The topological polar surface area (TPSA) is 62.3 Å². The molecule has 0 unspecified atom stereocenters. The average Bonchev–Trinajstić information content (AvgIpc) is 2.78. The molecule has 1 aliphatic rings. The van der Waals surface area contributed by atoms with Gasteiger partial charge < -0.3 is 20.3 Å². The number of anilines is 3. The highest BCUT2D eigenvalue weighted by Crippen LogP contribution is 2.35. The number of hydrogen-bond acceptors (Lipinski definition) is 6. The Morgan fingerprint density at radius 1 is 1.19 bits per heavy atom. The Balaban J connectivity index is 1.69. The molecule has 0 radical (unpaired) electrons. The number of hydrogen-bond donors (Lipinski definition) is 2. The Bertz CT molecular complexity index is 1020. The van der Waals surface area contributed by atoms with Gasteiger partial charge >= 0.3 is 0 Å². The summed E-state index contributed by atoms with van der Waals surface area (Å²) < 4.78 is 20.0. The van der Waals surface area contributed by atoms with E-state index in [4.69, 9.17) is 4.74 Å². The Morgan fingerprint density at radius 2 is 2.03 bits per heavy atom. The van der Waals surface area contributed by atoms with Gasteiger partial charge in [0, 0.05) is 36.4 Å². The molecular weight excluding hydrogens is 393 g/mol. The van der Waals surface area contributed by atoms with Gasteiger partial charge in [0.15, 0.2) is 0 Å². The second-order valence-electron chi connectivity index (χ2n) is 7.85. The van der Waals surface area contributed by atoms with Crippen molar-refractivity contribution in [3.63, 3.8) is 0 Å². The van der Waals surface area contributed by atoms with Crippen molar-refractivity contribution in [2.45, 2.75) is 39.2 Å². The van der Waals surface area contributed by atoms with Gasteiger partial charge in [0.25, 0.3) is 0 Å². The number of rotatable bonds is 8. The summed E-state index contributed by atoms with van der Waals surface area (Å²) in [5, 5.41) is 7.42. The number of aromatic nitrogens is 2. The summed E-state index contributed by atoms with van der Waals surface area (Å²) in [6.45, 7) is 8.17. The normalized spacial score (nSPS) is 14.5. The standard InChI is InChI=1S/C24H30FN5O/c1-3-12-30(4-2)22-13-17-16-27-24(28-19-7-5-6-18(25)14-19)29-21(17)15-23(22)31-20-8-10-26-11-9-20/h5-7,13-16,20,26H,3-4,8-12H2,1-2H3,(H,27,28,29). The first-order valence-electron chi connectivity index (χ1n) is 11.1. The molecule has 1 aromatic heterocycles. The summed E-state index contributed by atoms with van der Waals surface area (Å²) in [5.41, 5.74) is 2.50. The Hall–Kier alpha value is -2.93. The lowest BCUT2D eigenvalue weighted by Gasteiger charge is -2.29. The predicted octanol–water partition coefficient (Wildman–Crippen LogP) is 4.88. The second kappa shape index (κ2) is 9.92. The van der Waals surface area contributed by atoms with Gasteiger partial charge in [-0.25, -0.2) is 14.4 Å². The highest BCUT2D eigenvalue weighted by Gasteiger charge is 2.19. The quantitative estimate of drug-likeness (QED) is 0.538. The maximum absolute atomic E-state index is 13.5. The minimum atomic E-state index is -0.302. The van der Waals surface area contributed by atoms with Crippen LogP contribution in [0.3, 0.4) is 0 Å². The number of fused-ring (bicyclic) bond motifs is 1. The summed E-state index contributed by atoms with van der Waals surface area (Å²) in [5.74, 6) is 0.994. The molecule has 3 aromatic rings. The van der Waals surface area contributed by atoms with Gasteiger partial charge in [0.2, 0.25) is 5.95 Å². The molecule has 2 heterocycles. The van der Waals surface area contributed by atoms with E-state index in [9.17, 15) is 4.39 Å². The minimum Gasteiger partial charge on any atom is -0.488 e. The molecule has 0 atom stereocenters. The van der Waals surface area contributed by atoms with Gasteiger partial charge in [0.05, 0.1) is 11.2 Å². The summed E-state index contributed by atoms with van der Waals surface area (Å²) in [7, 11) is 0. The lowest BCUT2D eigenvalue weighted by Crippen LogP contribution is -2.34. The SMILES string of the molecule is CCCN(CC)c1cc2cnc(Nc3cccc(F)c3)nc2cc1OC1CCNCC1. The Morgan fingerprint density at radius 3 is 2.77 bits per heavy atom. The van der Waals surface area contributed by atoms with Crippen molar-refractivity contribution < 1.29 is 9.13 Å². The molecule has 0 spiro atoms. The molecule has 7 heteroatoms. The van der Waals surface area contributed by atoms with Crippen molar-refractivity contribution in [3.8, 4) is 5.75 Å². The molecule has 0 amide bonds. The van der Waals surface area contributed by atoms with Crippen molar-refractivity contribution in [1.29, 1.82) is 0 Å². The zero-order valence-electron chi connectivity index (χ0n) is 18.2. The molecule has 2 N–H and O–H groups in total. The monoisotopic (exact) mass is 423 g/mol. The minimum absolute atomic E-state index is 0.199. The third-order valence-corrected chi connectivity index (χ3v) is 5.54. The van der Waals surface area contributed by atoms with E-state index >= 15 is 0 Å². The van der Waals surface area contributed by atoms with E-state index < -0.39 is 0 Å². The van der Waals surface area contributed by atoms with Crippen LogP contribution in [0, 0.1) is 5.82 Å². The summed E-state index contributed by atoms with van der Waals surface area (Å²) >= 11 is 0. The zero-order valence-corrected chi connectivity index (χ0v) is 18.2. The molecule has 0 aliphatic carbocycles. The van der Waals surface area contributed by atoms with Crippen LogP contribution in [0.1, 0.15) is 33.1 Å². The number of nitrogens with zero attached hydrogens (tertiary/aromatic N) is 3. The number of ether oxygens (including phenoxy) is 1. The Labute approximate surface area is 182 Å². The van der Waals surface area contributed by atoms with Crippen molar-refractivity contribution in [1.82, 2.24) is 15.3 Å². The van der Waals surface area contributed by atoms with E-state index in [1.54, 1.807) is 12.1 Å². The largest absolute Gasteiger partial charge is 0.488 e. The smallest absolute Gasteiger partial charge is 0.227 e. The molecule has 0 saturated carbocycles. The van der Waals surface area contributed by atoms with Crippen LogP contribution < -0.4 is 20.3 Å². The second-order valence-corrected chi connectivity index (χ2v) is 7.85. The first kappa shape index (κ1) is 21.3. The predicted molar refractivity (Wildman–Crippen MR) is 124 cm³/mol. The molecule has 1 fully saturated rings. The molecule has 1 saturated heterocycles. The van der Waals surface area contributed by atoms with Crippen LogP contribution in [0.25, 0.3) is 10.9 Å². The van der Waals surface area contributed by atoms with Crippen molar-refractivity contribution in [3.05, 3.63) is 48.4 Å². The van der Waals surface area contributed by atoms with E-state index in [-0.39, 0.29) is 11.9 Å². The van der Waals surface area contributed by atoms with Crippen LogP contribution in [-0.4, -0.2) is 42.3 Å². The third-order valence-electron chi connectivity index (χ3n) is 5.54. The van der Waals surface area contributed by atoms with Crippen molar-refractivity contribution in [2.75, 3.05) is 36.4 Å². The highest BCUT2D eigenvalue weighted by atomic mass is 19.1. The molecule has 0 bridgehead atoms. The van der Waals surface area contributed by atoms with Crippen LogP contribution in [0.5, 0.6) is 5.75 Å². The fourth-order valence-corrected chi connectivity index (χ4v) is 3.96. The van der Waals surface area contributed by atoms with Crippen molar-refractivity contribution >= 4 is 28.2 Å². The molecule has 1 aliphatic heterocycles. The molecular formula is C24H30FN5O. The summed E-state index contributed by atoms with van der Waals surface area (Å²) in [6.07, 6.45) is 5.05. The van der Waals surface area contributed by atoms with E-state index in [2.05, 4.69) is 45.4 Å². The van der Waals surface area contributed by atoms with Gasteiger partial charge in [-0.1, -0.05) is 13.0 Å². The van der Waals surface area contributed by atoms with E-state index in [0.29, 0.717) is 11.6 Å². The number of halogens is 1. The number of benzene rings is 2. The fourth-order valence-electron chi connectivity index (χ4n) is 3.96. The molecule has 6 nitrogen and oxygen atoms in total. The van der Waals surface area contributed by atoms with Crippen LogP contribution in [-0.2, 0) is 0 Å². The fraction of sp³-hybridized carbons (Fsp3) is 0.417. The van der Waals surface area contributed by atoms with Crippen LogP contribution in [0.2, 0.25) is 0 Å². The highest BCUT2D eigenvalue weighted by molar-refractivity contribution is 5.86. The maximum atomic E-state index is 13.5. The first-order chi connectivity index (χ1) is 15.2. The van der Waals surface area contributed by atoms with Gasteiger partial charge in [-0.15, -0.1) is 0 Å². The van der Waals surface area contributed by atoms with Gasteiger partial charge in [-0.2, -0.15) is 0 Å². The average molecular weight is 424 g/mol. The zero-order chi connectivity index (χ0) is 21.6. The summed E-state index contributed by atoms with van der Waals surface area (Å²) in [6, 6.07) is 10.4. The van der Waals surface area contributed by atoms with Crippen LogP contribution in [0.4, 0.5) is 21.7 Å². The third kappa shape index (κ3) is 5.22. The van der Waals surface area contributed by atoms with E-state index in [1.807, 2.05) is 12.3 Å². The maximum Gasteiger partial charge on any atom is 0.227 e. The Kier molecular flexibility index (Phi) is 6.82.